The molecule has 0 amide bonds. The molecular weight excluding hydrogens is 200 g/mol. The second-order valence-corrected chi connectivity index (χ2v) is 4.02. The van der Waals surface area contributed by atoms with Crippen LogP contribution in [-0.4, -0.2) is 13.1 Å². The Labute approximate surface area is 87.8 Å². The first-order valence-electron chi connectivity index (χ1n) is 4.53. The van der Waals surface area contributed by atoms with Crippen molar-refractivity contribution in [1.82, 2.24) is 0 Å². The summed E-state index contributed by atoms with van der Waals surface area (Å²) in [6.07, 6.45) is 1.75. The fraction of sp³-hybridized carbons (Fsp3) is 0.364. The van der Waals surface area contributed by atoms with Gasteiger partial charge in [-0.1, -0.05) is 23.7 Å². The van der Waals surface area contributed by atoms with Gasteiger partial charge >= 0.3 is 5.97 Å². The van der Waals surface area contributed by atoms with E-state index in [4.69, 9.17) is 16.3 Å². The third-order valence-electron chi connectivity index (χ3n) is 2.72. The molecular formula is C11H11ClO2. The average Bonchev–Trinajstić information content (AvgIpc) is 2.99. The molecule has 0 N–H and O–H groups in total. The molecule has 3 heteroatoms. The van der Waals surface area contributed by atoms with E-state index >= 15 is 0 Å². The van der Waals surface area contributed by atoms with Crippen molar-refractivity contribution in [3.8, 4) is 0 Å². The molecule has 0 heterocycles. The van der Waals surface area contributed by atoms with Gasteiger partial charge in [0.1, 0.15) is 0 Å². The molecule has 0 aromatic heterocycles. The number of halogens is 1. The second kappa shape index (κ2) is 3.28. The van der Waals surface area contributed by atoms with E-state index in [0.717, 1.165) is 18.4 Å². The minimum Gasteiger partial charge on any atom is -0.468 e. The maximum atomic E-state index is 11.5. The van der Waals surface area contributed by atoms with Gasteiger partial charge in [-0.2, -0.15) is 0 Å². The monoisotopic (exact) mass is 210 g/mol. The number of carbonyl (C=O) groups excluding carboxylic acids is 1. The van der Waals surface area contributed by atoms with Gasteiger partial charge in [-0.05, 0) is 30.5 Å². The summed E-state index contributed by atoms with van der Waals surface area (Å²) in [5.41, 5.74) is 0.632. The highest BCUT2D eigenvalue weighted by Crippen LogP contribution is 2.49. The molecule has 1 aliphatic carbocycles. The molecule has 1 aromatic rings. The van der Waals surface area contributed by atoms with Gasteiger partial charge in [0.15, 0.2) is 0 Å². The highest BCUT2D eigenvalue weighted by Gasteiger charge is 2.52. The number of ether oxygens (including phenoxy) is 1. The van der Waals surface area contributed by atoms with Crippen LogP contribution in [0.3, 0.4) is 0 Å². The minimum absolute atomic E-state index is 0.139. The molecule has 14 heavy (non-hydrogen) atoms. The van der Waals surface area contributed by atoms with E-state index in [1.165, 1.54) is 7.11 Å². The highest BCUT2D eigenvalue weighted by atomic mass is 35.5. The number of hydrogen-bond acceptors (Lipinski definition) is 2. The Bertz CT molecular complexity index is 352. The summed E-state index contributed by atoms with van der Waals surface area (Å²) in [4.78, 5) is 11.5. The third kappa shape index (κ3) is 1.40. The van der Waals surface area contributed by atoms with Gasteiger partial charge in [-0.25, -0.2) is 0 Å². The van der Waals surface area contributed by atoms with Crippen molar-refractivity contribution < 1.29 is 9.53 Å². The zero-order chi connectivity index (χ0) is 10.2. The first kappa shape index (κ1) is 9.53. The molecule has 1 aliphatic rings. The van der Waals surface area contributed by atoms with E-state index < -0.39 is 0 Å². The van der Waals surface area contributed by atoms with Crippen molar-refractivity contribution in [3.63, 3.8) is 0 Å². The van der Waals surface area contributed by atoms with Crippen LogP contribution in [0.2, 0.25) is 5.02 Å². The molecule has 0 atom stereocenters. The Morgan fingerprint density at radius 1 is 1.36 bits per heavy atom. The van der Waals surface area contributed by atoms with Crippen molar-refractivity contribution in [2.45, 2.75) is 18.3 Å². The van der Waals surface area contributed by atoms with E-state index in [1.54, 1.807) is 12.1 Å². The molecule has 1 aromatic carbocycles. The maximum absolute atomic E-state index is 11.5. The standard InChI is InChI=1S/C11H11ClO2/c1-14-10(13)11(6-7-11)8-2-4-9(12)5-3-8/h2-5H,6-7H2,1H3. The molecule has 2 rings (SSSR count). The number of benzene rings is 1. The Morgan fingerprint density at radius 3 is 2.36 bits per heavy atom. The summed E-state index contributed by atoms with van der Waals surface area (Å²) in [6.45, 7) is 0. The quantitative estimate of drug-likeness (QED) is 0.702. The van der Waals surface area contributed by atoms with Gasteiger partial charge in [0.2, 0.25) is 0 Å². The Morgan fingerprint density at radius 2 is 1.93 bits per heavy atom. The van der Waals surface area contributed by atoms with Gasteiger partial charge in [-0.3, -0.25) is 4.79 Å². The normalized spacial score (nSPS) is 17.6. The summed E-state index contributed by atoms with van der Waals surface area (Å²) >= 11 is 5.78. The van der Waals surface area contributed by atoms with E-state index in [2.05, 4.69) is 0 Å². The molecule has 0 radical (unpaired) electrons. The average molecular weight is 211 g/mol. The van der Waals surface area contributed by atoms with Gasteiger partial charge in [0.05, 0.1) is 12.5 Å². The molecule has 0 bridgehead atoms. The first-order chi connectivity index (χ1) is 6.69. The van der Waals surface area contributed by atoms with Crippen LogP contribution in [0.25, 0.3) is 0 Å². The summed E-state index contributed by atoms with van der Waals surface area (Å²) in [5, 5.41) is 0.689. The number of methoxy groups -OCH3 is 1. The number of esters is 1. The zero-order valence-electron chi connectivity index (χ0n) is 7.92. The molecule has 74 valence electrons. The zero-order valence-corrected chi connectivity index (χ0v) is 8.67. The van der Waals surface area contributed by atoms with E-state index in [9.17, 15) is 4.79 Å². The smallest absolute Gasteiger partial charge is 0.316 e. The van der Waals surface area contributed by atoms with Crippen LogP contribution in [0, 0.1) is 0 Å². The number of carbonyl (C=O) groups is 1. The summed E-state index contributed by atoms with van der Waals surface area (Å²) in [6, 6.07) is 7.40. The molecule has 0 spiro atoms. The molecule has 1 fully saturated rings. The largest absolute Gasteiger partial charge is 0.468 e. The Hall–Kier alpha value is -1.02. The van der Waals surface area contributed by atoms with Gasteiger partial charge in [0, 0.05) is 5.02 Å². The predicted octanol–water partition coefficient (Wildman–Crippen LogP) is 2.54. The topological polar surface area (TPSA) is 26.3 Å². The summed E-state index contributed by atoms with van der Waals surface area (Å²) < 4.78 is 4.79. The van der Waals surface area contributed by atoms with Crippen LogP contribution >= 0.6 is 11.6 Å². The molecule has 2 nitrogen and oxygen atoms in total. The number of hydrogen-bond donors (Lipinski definition) is 0. The summed E-state index contributed by atoms with van der Waals surface area (Å²) in [7, 11) is 1.43. The van der Waals surface area contributed by atoms with Crippen LogP contribution in [0.4, 0.5) is 0 Å². The minimum atomic E-state index is -0.376. The Kier molecular flexibility index (Phi) is 2.23. The van der Waals surface area contributed by atoms with Crippen LogP contribution < -0.4 is 0 Å². The van der Waals surface area contributed by atoms with Gasteiger partial charge in [0.25, 0.3) is 0 Å². The lowest BCUT2D eigenvalue weighted by Gasteiger charge is -2.12. The lowest BCUT2D eigenvalue weighted by atomic mass is 9.96. The third-order valence-corrected chi connectivity index (χ3v) is 2.97. The summed E-state index contributed by atoms with van der Waals surface area (Å²) in [5.74, 6) is -0.139. The van der Waals surface area contributed by atoms with Crippen molar-refractivity contribution in [2.24, 2.45) is 0 Å². The Balaban J connectivity index is 2.31. The fourth-order valence-corrected chi connectivity index (χ4v) is 1.83. The van der Waals surface area contributed by atoms with Gasteiger partial charge < -0.3 is 4.74 Å². The fourth-order valence-electron chi connectivity index (χ4n) is 1.70. The van der Waals surface area contributed by atoms with Crippen molar-refractivity contribution >= 4 is 17.6 Å². The van der Waals surface area contributed by atoms with Crippen LogP contribution in [0.15, 0.2) is 24.3 Å². The van der Waals surface area contributed by atoms with E-state index in [1.807, 2.05) is 12.1 Å². The molecule has 0 saturated heterocycles. The number of rotatable bonds is 2. The van der Waals surface area contributed by atoms with Crippen molar-refractivity contribution in [2.75, 3.05) is 7.11 Å². The van der Waals surface area contributed by atoms with Gasteiger partial charge in [-0.15, -0.1) is 0 Å². The van der Waals surface area contributed by atoms with E-state index in [0.29, 0.717) is 5.02 Å². The lowest BCUT2D eigenvalue weighted by Crippen LogP contribution is -2.21. The van der Waals surface area contributed by atoms with E-state index in [-0.39, 0.29) is 11.4 Å². The molecule has 1 saturated carbocycles. The molecule has 0 aliphatic heterocycles. The van der Waals surface area contributed by atoms with Crippen LogP contribution in [-0.2, 0) is 14.9 Å². The first-order valence-corrected chi connectivity index (χ1v) is 4.91. The SMILES string of the molecule is COC(=O)C1(c2ccc(Cl)cc2)CC1. The van der Waals surface area contributed by atoms with Crippen molar-refractivity contribution in [1.29, 1.82) is 0 Å². The lowest BCUT2D eigenvalue weighted by molar-refractivity contribution is -0.143. The van der Waals surface area contributed by atoms with Crippen LogP contribution in [0.1, 0.15) is 18.4 Å². The highest BCUT2D eigenvalue weighted by molar-refractivity contribution is 6.30. The second-order valence-electron chi connectivity index (χ2n) is 3.58. The molecule has 0 unspecified atom stereocenters. The predicted molar refractivity (Wildman–Crippen MR) is 54.4 cm³/mol. The maximum Gasteiger partial charge on any atom is 0.316 e. The van der Waals surface area contributed by atoms with Crippen LogP contribution in [0.5, 0.6) is 0 Å². The van der Waals surface area contributed by atoms with Crippen molar-refractivity contribution in [3.05, 3.63) is 34.9 Å².